The molecule has 3 rings (SSSR count). The molecule has 0 spiro atoms. The number of nitrogens with one attached hydrogen (secondary N) is 1. The molecule has 0 bridgehead atoms. The number of nitrogens with zero attached hydrogens (tertiary/aromatic N) is 1. The third-order valence-electron chi connectivity index (χ3n) is 5.23. The van der Waals surface area contributed by atoms with Crippen molar-refractivity contribution in [1.82, 2.24) is 9.88 Å². The number of carbonyl (C=O) groups is 1. The van der Waals surface area contributed by atoms with Gasteiger partial charge in [-0.3, -0.25) is 4.79 Å². The van der Waals surface area contributed by atoms with Crippen LogP contribution in [0.15, 0.2) is 42.6 Å². The fraction of sp³-hybridized carbons (Fsp3) is 0.348. The Hall–Kier alpha value is -3.08. The third-order valence-corrected chi connectivity index (χ3v) is 5.23. The van der Waals surface area contributed by atoms with Crippen LogP contribution in [-0.2, 0) is 13.1 Å². The molecule has 0 radical (unpaired) electrons. The van der Waals surface area contributed by atoms with Gasteiger partial charge in [0.25, 0.3) is 5.91 Å². The van der Waals surface area contributed by atoms with Crippen LogP contribution < -0.4 is 27.3 Å². The van der Waals surface area contributed by atoms with Crippen molar-refractivity contribution in [3.05, 3.63) is 53.7 Å². The maximum atomic E-state index is 12.6. The molecule has 33 heavy (non-hydrogen) atoms. The highest BCUT2D eigenvalue weighted by Gasteiger charge is 2.31. The number of aromatic nitrogens is 1. The molecule has 1 amide bonds. The van der Waals surface area contributed by atoms with Crippen LogP contribution in [0.4, 0.5) is 13.2 Å². The van der Waals surface area contributed by atoms with Gasteiger partial charge < -0.3 is 31.8 Å². The number of rotatable bonds is 10. The van der Waals surface area contributed by atoms with Crippen molar-refractivity contribution < 1.29 is 22.7 Å². The number of carbonyl (C=O) groups excluding carboxylic acids is 1. The number of nitrogens with two attached hydrogens (primary N) is 3. The lowest BCUT2D eigenvalue weighted by Gasteiger charge is -2.13. The Morgan fingerprint density at radius 2 is 1.76 bits per heavy atom. The van der Waals surface area contributed by atoms with E-state index in [2.05, 4.69) is 10.1 Å². The first kappa shape index (κ1) is 24.6. The Morgan fingerprint density at radius 3 is 2.42 bits per heavy atom. The van der Waals surface area contributed by atoms with E-state index in [4.69, 9.17) is 17.2 Å². The SMILES string of the molecule is NCCCNC(=O)c1ccc2c(c1)c(-c1ccc(OC(F)(F)F)cc1CN)cn2CCCN. The minimum Gasteiger partial charge on any atom is -0.406 e. The van der Waals surface area contributed by atoms with E-state index in [1.165, 1.54) is 12.1 Å². The van der Waals surface area contributed by atoms with E-state index in [0.29, 0.717) is 49.3 Å². The van der Waals surface area contributed by atoms with Gasteiger partial charge in [0, 0.05) is 47.9 Å². The van der Waals surface area contributed by atoms with Crippen molar-refractivity contribution in [1.29, 1.82) is 0 Å². The highest BCUT2D eigenvalue weighted by Crippen LogP contribution is 2.36. The number of halogens is 3. The first-order valence-corrected chi connectivity index (χ1v) is 10.7. The maximum absolute atomic E-state index is 12.6. The fourth-order valence-corrected chi connectivity index (χ4v) is 3.70. The first-order valence-electron chi connectivity index (χ1n) is 10.7. The molecule has 0 aliphatic carbocycles. The van der Waals surface area contributed by atoms with Gasteiger partial charge in [0.05, 0.1) is 0 Å². The van der Waals surface area contributed by atoms with Crippen LogP contribution in [0.5, 0.6) is 5.75 Å². The molecule has 0 saturated heterocycles. The van der Waals surface area contributed by atoms with Crippen molar-refractivity contribution in [2.24, 2.45) is 17.2 Å². The summed E-state index contributed by atoms with van der Waals surface area (Å²) in [4.78, 5) is 12.6. The second-order valence-electron chi connectivity index (χ2n) is 7.58. The molecule has 1 heterocycles. The molecule has 0 atom stereocenters. The molecule has 0 fully saturated rings. The summed E-state index contributed by atoms with van der Waals surface area (Å²) < 4.78 is 44.0. The van der Waals surface area contributed by atoms with Crippen molar-refractivity contribution >= 4 is 16.8 Å². The number of hydrogen-bond donors (Lipinski definition) is 4. The summed E-state index contributed by atoms with van der Waals surface area (Å²) in [5.74, 6) is -0.558. The number of alkyl halides is 3. The molecule has 7 N–H and O–H groups in total. The van der Waals surface area contributed by atoms with Gasteiger partial charge in [-0.2, -0.15) is 0 Å². The molecule has 1 aromatic heterocycles. The van der Waals surface area contributed by atoms with Crippen LogP contribution in [0.25, 0.3) is 22.0 Å². The topological polar surface area (TPSA) is 121 Å². The second kappa shape index (κ2) is 10.7. The molecule has 0 saturated carbocycles. The summed E-state index contributed by atoms with van der Waals surface area (Å²) in [6, 6.07) is 9.48. The zero-order valence-corrected chi connectivity index (χ0v) is 18.1. The standard InChI is InChI=1S/C23H28F3N5O2/c24-23(25,26)33-17-4-5-18(16(11-17)13-29)20-14-31(10-2-8-28)21-6-3-15(12-19(20)21)22(32)30-9-1-7-27/h3-6,11-12,14H,1-2,7-10,13,27-29H2,(H,30,32). The van der Waals surface area contributed by atoms with Gasteiger partial charge in [-0.1, -0.05) is 6.07 Å². The van der Waals surface area contributed by atoms with Crippen LogP contribution in [0, 0.1) is 0 Å². The first-order chi connectivity index (χ1) is 15.8. The quantitative estimate of drug-likeness (QED) is 0.344. The number of hydrogen-bond acceptors (Lipinski definition) is 5. The van der Waals surface area contributed by atoms with E-state index in [1.54, 1.807) is 18.2 Å². The van der Waals surface area contributed by atoms with Gasteiger partial charge >= 0.3 is 6.36 Å². The molecule has 0 unspecified atom stereocenters. The molecule has 178 valence electrons. The maximum Gasteiger partial charge on any atom is 0.573 e. The van der Waals surface area contributed by atoms with E-state index < -0.39 is 6.36 Å². The van der Waals surface area contributed by atoms with E-state index >= 15 is 0 Å². The summed E-state index contributed by atoms with van der Waals surface area (Å²) >= 11 is 0. The summed E-state index contributed by atoms with van der Waals surface area (Å²) in [7, 11) is 0. The highest BCUT2D eigenvalue weighted by atomic mass is 19.4. The van der Waals surface area contributed by atoms with Crippen molar-refractivity contribution in [2.45, 2.75) is 32.3 Å². The van der Waals surface area contributed by atoms with Crippen LogP contribution in [0.3, 0.4) is 0 Å². The smallest absolute Gasteiger partial charge is 0.406 e. The van der Waals surface area contributed by atoms with Crippen molar-refractivity contribution in [3.8, 4) is 16.9 Å². The fourth-order valence-electron chi connectivity index (χ4n) is 3.70. The molecule has 0 aliphatic rings. The molecule has 0 aliphatic heterocycles. The van der Waals surface area contributed by atoms with Crippen LogP contribution in [0.2, 0.25) is 0 Å². The largest absolute Gasteiger partial charge is 0.573 e. The zero-order valence-electron chi connectivity index (χ0n) is 18.1. The lowest BCUT2D eigenvalue weighted by molar-refractivity contribution is -0.274. The van der Waals surface area contributed by atoms with E-state index in [9.17, 15) is 18.0 Å². The summed E-state index contributed by atoms with van der Waals surface area (Å²) in [5, 5.41) is 3.62. The predicted octanol–water partition coefficient (Wildman–Crippen LogP) is 3.09. The Labute approximate surface area is 189 Å². The highest BCUT2D eigenvalue weighted by molar-refractivity contribution is 6.03. The molecule has 7 nitrogen and oxygen atoms in total. The second-order valence-corrected chi connectivity index (χ2v) is 7.58. The third kappa shape index (κ3) is 6.04. The number of benzene rings is 2. The lowest BCUT2D eigenvalue weighted by Crippen LogP contribution is -2.25. The lowest BCUT2D eigenvalue weighted by atomic mass is 9.98. The summed E-state index contributed by atoms with van der Waals surface area (Å²) in [6.07, 6.45) is -1.47. The molecular weight excluding hydrogens is 435 g/mol. The minimum atomic E-state index is -4.79. The van der Waals surface area contributed by atoms with Crippen LogP contribution in [0.1, 0.15) is 28.8 Å². The number of aryl methyl sites for hydroxylation is 1. The van der Waals surface area contributed by atoms with Gasteiger partial charge in [-0.25, -0.2) is 0 Å². The predicted molar refractivity (Wildman–Crippen MR) is 122 cm³/mol. The van der Waals surface area contributed by atoms with E-state index in [1.807, 2.05) is 16.8 Å². The molecule has 10 heteroatoms. The molecule has 2 aromatic carbocycles. The molecular formula is C23H28F3N5O2. The minimum absolute atomic E-state index is 0.0130. The summed E-state index contributed by atoms with van der Waals surface area (Å²) in [6.45, 7) is 2.12. The van der Waals surface area contributed by atoms with Crippen LogP contribution in [-0.4, -0.2) is 36.5 Å². The van der Waals surface area contributed by atoms with E-state index in [0.717, 1.165) is 22.9 Å². The number of fused-ring (bicyclic) bond motifs is 1. The normalized spacial score (nSPS) is 11.7. The van der Waals surface area contributed by atoms with Gasteiger partial charge in [0.1, 0.15) is 5.75 Å². The van der Waals surface area contributed by atoms with Crippen molar-refractivity contribution in [3.63, 3.8) is 0 Å². The Morgan fingerprint density at radius 1 is 1.00 bits per heavy atom. The number of ether oxygens (including phenoxy) is 1. The monoisotopic (exact) mass is 463 g/mol. The average molecular weight is 464 g/mol. The Balaban J connectivity index is 2.08. The van der Waals surface area contributed by atoms with Gasteiger partial charge in [-0.15, -0.1) is 13.2 Å². The van der Waals surface area contributed by atoms with Gasteiger partial charge in [0.2, 0.25) is 0 Å². The zero-order chi connectivity index (χ0) is 24.0. The van der Waals surface area contributed by atoms with E-state index in [-0.39, 0.29) is 18.2 Å². The van der Waals surface area contributed by atoms with Gasteiger partial charge in [-0.05, 0) is 67.4 Å². The van der Waals surface area contributed by atoms with Crippen LogP contribution >= 0.6 is 0 Å². The number of amides is 1. The average Bonchev–Trinajstić information content (AvgIpc) is 3.14. The van der Waals surface area contributed by atoms with Crippen molar-refractivity contribution in [2.75, 3.05) is 19.6 Å². The Kier molecular flexibility index (Phi) is 7.96. The molecule has 3 aromatic rings. The summed E-state index contributed by atoms with van der Waals surface area (Å²) in [5.41, 5.74) is 20.3. The van der Waals surface area contributed by atoms with Gasteiger partial charge in [0.15, 0.2) is 0 Å². The Bertz CT molecular complexity index is 1110.